The largest absolute Gasteiger partial charge is 0.497 e. The van der Waals surface area contributed by atoms with E-state index in [1.807, 2.05) is 24.3 Å². The molecule has 1 atom stereocenters. The van der Waals surface area contributed by atoms with Crippen LogP contribution in [0.2, 0.25) is 0 Å². The second kappa shape index (κ2) is 5.49. The van der Waals surface area contributed by atoms with Crippen molar-refractivity contribution in [3.63, 3.8) is 0 Å². The molecule has 2 heterocycles. The third-order valence-electron chi connectivity index (χ3n) is 3.49. The molecule has 2 aromatic rings. The number of rotatable bonds is 4. The topological polar surface area (TPSA) is 72.1 Å². The summed E-state index contributed by atoms with van der Waals surface area (Å²) in [4.78, 5) is 0. The Morgan fingerprint density at radius 2 is 2.14 bits per heavy atom. The highest BCUT2D eigenvalue weighted by atomic mass is 32.2. The fourth-order valence-corrected chi connectivity index (χ4v) is 3.35. The van der Waals surface area contributed by atoms with Crippen LogP contribution >= 0.6 is 0 Å². The van der Waals surface area contributed by atoms with Gasteiger partial charge in [0.1, 0.15) is 17.6 Å². The normalized spacial score (nSPS) is 18.4. The Balaban J connectivity index is 2.00. The molecule has 1 aliphatic heterocycles. The van der Waals surface area contributed by atoms with Gasteiger partial charge < -0.3 is 9.15 Å². The standard InChI is InChI=1S/C15H16N2O4S/c1-20-12-6-3-5-11(9-12)13-10-14(15-7-4-8-21-15)17(16-13)22(2,18)19/h3-9,14H,10H2,1-2H3/t14-/m1/s1. The van der Waals surface area contributed by atoms with E-state index in [2.05, 4.69) is 5.10 Å². The van der Waals surface area contributed by atoms with Crippen molar-refractivity contribution in [2.24, 2.45) is 5.10 Å². The lowest BCUT2D eigenvalue weighted by Gasteiger charge is -2.18. The number of sulfonamides is 1. The predicted octanol–water partition coefficient (Wildman–Crippen LogP) is 2.40. The molecule has 6 nitrogen and oxygen atoms in total. The van der Waals surface area contributed by atoms with Gasteiger partial charge in [0, 0.05) is 12.0 Å². The molecule has 7 heteroatoms. The highest BCUT2D eigenvalue weighted by molar-refractivity contribution is 7.88. The molecule has 3 rings (SSSR count). The summed E-state index contributed by atoms with van der Waals surface area (Å²) in [5.74, 6) is 1.28. The van der Waals surface area contributed by atoms with Gasteiger partial charge in [-0.25, -0.2) is 8.42 Å². The molecule has 116 valence electrons. The molecular formula is C15H16N2O4S. The Morgan fingerprint density at radius 1 is 1.32 bits per heavy atom. The minimum Gasteiger partial charge on any atom is -0.497 e. The summed E-state index contributed by atoms with van der Waals surface area (Å²) in [7, 11) is -1.89. The molecule has 0 saturated heterocycles. The lowest BCUT2D eigenvalue weighted by Crippen LogP contribution is -2.25. The smallest absolute Gasteiger partial charge is 0.247 e. The Morgan fingerprint density at radius 3 is 2.77 bits per heavy atom. The van der Waals surface area contributed by atoms with Crippen LogP contribution in [0, 0.1) is 0 Å². The zero-order chi connectivity index (χ0) is 15.7. The Bertz CT molecular complexity index is 797. The van der Waals surface area contributed by atoms with E-state index in [-0.39, 0.29) is 0 Å². The molecule has 0 aliphatic carbocycles. The van der Waals surface area contributed by atoms with E-state index >= 15 is 0 Å². The number of furan rings is 1. The molecule has 0 N–H and O–H groups in total. The van der Waals surface area contributed by atoms with Crippen LogP contribution in [-0.2, 0) is 10.0 Å². The van der Waals surface area contributed by atoms with Gasteiger partial charge in [-0.15, -0.1) is 0 Å². The average Bonchev–Trinajstić information content (AvgIpc) is 3.15. The van der Waals surface area contributed by atoms with E-state index in [0.29, 0.717) is 23.6 Å². The quantitative estimate of drug-likeness (QED) is 0.867. The number of hydrazone groups is 1. The highest BCUT2D eigenvalue weighted by Crippen LogP contribution is 2.35. The Hall–Kier alpha value is -2.28. The summed E-state index contributed by atoms with van der Waals surface area (Å²) in [6.45, 7) is 0. The molecule has 1 aliphatic rings. The van der Waals surface area contributed by atoms with E-state index in [1.165, 1.54) is 6.26 Å². The van der Waals surface area contributed by atoms with Crippen LogP contribution < -0.4 is 4.74 Å². The zero-order valence-electron chi connectivity index (χ0n) is 12.3. The van der Waals surface area contributed by atoms with Crippen molar-refractivity contribution in [2.45, 2.75) is 12.5 Å². The van der Waals surface area contributed by atoms with Gasteiger partial charge in [-0.3, -0.25) is 0 Å². The molecule has 0 amide bonds. The van der Waals surface area contributed by atoms with Crippen molar-refractivity contribution < 1.29 is 17.6 Å². The summed E-state index contributed by atoms with van der Waals surface area (Å²) in [5, 5.41) is 4.29. The van der Waals surface area contributed by atoms with E-state index in [9.17, 15) is 8.42 Å². The summed E-state index contributed by atoms with van der Waals surface area (Å²) in [6, 6.07) is 10.4. The first-order valence-corrected chi connectivity index (χ1v) is 8.58. The van der Waals surface area contributed by atoms with Gasteiger partial charge >= 0.3 is 0 Å². The molecule has 0 bridgehead atoms. The van der Waals surface area contributed by atoms with Gasteiger partial charge in [0.15, 0.2) is 0 Å². The number of nitrogens with zero attached hydrogens (tertiary/aromatic N) is 2. The third-order valence-corrected chi connectivity index (χ3v) is 4.50. The van der Waals surface area contributed by atoms with Crippen molar-refractivity contribution in [1.82, 2.24) is 4.41 Å². The fourth-order valence-electron chi connectivity index (χ4n) is 2.46. The van der Waals surface area contributed by atoms with Crippen LogP contribution in [0.3, 0.4) is 0 Å². The van der Waals surface area contributed by atoms with E-state index in [0.717, 1.165) is 16.2 Å². The molecule has 0 spiro atoms. The van der Waals surface area contributed by atoms with Gasteiger partial charge in [-0.05, 0) is 24.3 Å². The van der Waals surface area contributed by atoms with Crippen molar-refractivity contribution in [3.05, 3.63) is 54.0 Å². The molecule has 0 unspecified atom stereocenters. The summed E-state index contributed by atoms with van der Waals surface area (Å²) in [6.07, 6.45) is 3.12. The van der Waals surface area contributed by atoms with Crippen molar-refractivity contribution in [3.8, 4) is 5.75 Å². The van der Waals surface area contributed by atoms with Crippen LogP contribution in [0.15, 0.2) is 52.2 Å². The first kappa shape index (κ1) is 14.6. The monoisotopic (exact) mass is 320 g/mol. The van der Waals surface area contributed by atoms with E-state index in [1.54, 1.807) is 19.2 Å². The Kier molecular flexibility index (Phi) is 3.66. The average molecular weight is 320 g/mol. The minimum atomic E-state index is -3.48. The Labute approximate surface area is 129 Å². The molecule has 0 radical (unpaired) electrons. The maximum atomic E-state index is 12.0. The van der Waals surface area contributed by atoms with Crippen LogP contribution in [-0.4, -0.2) is 31.9 Å². The SMILES string of the molecule is COc1cccc(C2=NN(S(C)(=O)=O)[C@@H](c3ccco3)C2)c1. The lowest BCUT2D eigenvalue weighted by molar-refractivity contribution is 0.322. The number of methoxy groups -OCH3 is 1. The number of benzene rings is 1. The number of hydrogen-bond acceptors (Lipinski definition) is 5. The minimum absolute atomic E-state index is 0.452. The van der Waals surface area contributed by atoms with Gasteiger partial charge in [0.2, 0.25) is 10.0 Å². The number of ether oxygens (including phenoxy) is 1. The highest BCUT2D eigenvalue weighted by Gasteiger charge is 2.36. The molecule has 0 fully saturated rings. The van der Waals surface area contributed by atoms with Crippen molar-refractivity contribution >= 4 is 15.7 Å². The van der Waals surface area contributed by atoms with Gasteiger partial charge in [0.25, 0.3) is 0 Å². The van der Waals surface area contributed by atoms with Crippen molar-refractivity contribution in [1.29, 1.82) is 0 Å². The molecule has 1 aromatic heterocycles. The second-order valence-electron chi connectivity index (χ2n) is 5.05. The summed E-state index contributed by atoms with van der Waals surface area (Å²) < 4.78 is 35.7. The second-order valence-corrected chi connectivity index (χ2v) is 6.89. The number of hydrogen-bond donors (Lipinski definition) is 0. The molecule has 22 heavy (non-hydrogen) atoms. The van der Waals surface area contributed by atoms with Gasteiger partial charge in [-0.2, -0.15) is 9.52 Å². The van der Waals surface area contributed by atoms with Crippen molar-refractivity contribution in [2.75, 3.05) is 13.4 Å². The van der Waals surface area contributed by atoms with E-state index in [4.69, 9.17) is 9.15 Å². The lowest BCUT2D eigenvalue weighted by atomic mass is 10.0. The maximum Gasteiger partial charge on any atom is 0.247 e. The van der Waals surface area contributed by atoms with Crippen LogP contribution in [0.5, 0.6) is 5.75 Å². The first-order valence-electron chi connectivity index (χ1n) is 6.74. The summed E-state index contributed by atoms with van der Waals surface area (Å²) >= 11 is 0. The molecular weight excluding hydrogens is 304 g/mol. The fraction of sp³-hybridized carbons (Fsp3) is 0.267. The molecule has 1 aromatic carbocycles. The first-order chi connectivity index (χ1) is 10.5. The van der Waals surface area contributed by atoms with Crippen LogP contribution in [0.4, 0.5) is 0 Å². The maximum absolute atomic E-state index is 12.0. The van der Waals surface area contributed by atoms with Gasteiger partial charge in [-0.1, -0.05) is 12.1 Å². The summed E-state index contributed by atoms with van der Waals surface area (Å²) in [5.41, 5.74) is 1.52. The zero-order valence-corrected chi connectivity index (χ0v) is 13.1. The van der Waals surface area contributed by atoms with Gasteiger partial charge in [0.05, 0.1) is 25.3 Å². The van der Waals surface area contributed by atoms with Crippen LogP contribution in [0.25, 0.3) is 0 Å². The third kappa shape index (κ3) is 2.71. The predicted molar refractivity (Wildman–Crippen MR) is 82.3 cm³/mol. The molecule has 0 saturated carbocycles. The van der Waals surface area contributed by atoms with Crippen LogP contribution in [0.1, 0.15) is 23.8 Å². The van der Waals surface area contributed by atoms with E-state index < -0.39 is 16.1 Å².